The molecule has 0 heterocycles. The fraction of sp³-hybridized carbons (Fsp3) is 0.778. The van der Waals surface area contributed by atoms with Gasteiger partial charge in [-0.15, -0.1) is 0 Å². The molecule has 80 valence electrons. The number of hydrogen-bond donors (Lipinski definition) is 2. The third kappa shape index (κ3) is 4.23. The molecule has 0 saturated heterocycles. The molecule has 1 unspecified atom stereocenters. The number of ether oxygens (including phenoxy) is 1. The summed E-state index contributed by atoms with van der Waals surface area (Å²) in [5.74, 6) is -0.814. The van der Waals surface area contributed by atoms with Crippen molar-refractivity contribution in [3.63, 3.8) is 0 Å². The van der Waals surface area contributed by atoms with Crippen LogP contribution in [0.2, 0.25) is 0 Å². The first kappa shape index (κ1) is 11.0. The summed E-state index contributed by atoms with van der Waals surface area (Å²) >= 11 is 0. The van der Waals surface area contributed by atoms with Crippen molar-refractivity contribution in [1.29, 1.82) is 0 Å². The molecule has 0 aliphatic heterocycles. The van der Waals surface area contributed by atoms with E-state index >= 15 is 0 Å². The molecule has 0 aromatic heterocycles. The van der Waals surface area contributed by atoms with E-state index in [0.717, 1.165) is 0 Å². The summed E-state index contributed by atoms with van der Waals surface area (Å²) in [5.41, 5.74) is 0. The van der Waals surface area contributed by atoms with E-state index in [-0.39, 0.29) is 12.5 Å². The Morgan fingerprint density at radius 1 is 1.57 bits per heavy atom. The number of rotatable bonds is 6. The zero-order valence-corrected chi connectivity index (χ0v) is 8.16. The van der Waals surface area contributed by atoms with Gasteiger partial charge in [-0.3, -0.25) is 9.59 Å². The maximum atomic E-state index is 11.2. The molecule has 1 atom stereocenters. The molecule has 0 spiro atoms. The van der Waals surface area contributed by atoms with Crippen LogP contribution in [-0.2, 0) is 14.3 Å². The van der Waals surface area contributed by atoms with E-state index in [1.807, 2.05) is 0 Å². The fourth-order valence-corrected chi connectivity index (χ4v) is 0.947. The average molecular weight is 201 g/mol. The molecule has 1 fully saturated rings. The number of carboxylic acid groups (broad SMARTS) is 1. The molecule has 0 aromatic rings. The first-order valence-corrected chi connectivity index (χ1v) is 4.70. The van der Waals surface area contributed by atoms with E-state index in [9.17, 15) is 9.59 Å². The molecule has 14 heavy (non-hydrogen) atoms. The number of hydrogen-bond acceptors (Lipinski definition) is 3. The van der Waals surface area contributed by atoms with Crippen LogP contribution in [0.1, 0.15) is 19.8 Å². The normalized spacial score (nSPS) is 17.5. The van der Waals surface area contributed by atoms with Gasteiger partial charge in [-0.2, -0.15) is 0 Å². The monoisotopic (exact) mass is 201 g/mol. The smallest absolute Gasteiger partial charge is 0.322 e. The SMILES string of the molecule is CC(OCC1CC1)C(=O)NCC(=O)O. The van der Waals surface area contributed by atoms with Gasteiger partial charge in [-0.25, -0.2) is 0 Å². The van der Waals surface area contributed by atoms with Crippen molar-refractivity contribution >= 4 is 11.9 Å². The molecule has 0 radical (unpaired) electrons. The lowest BCUT2D eigenvalue weighted by molar-refractivity contribution is -0.140. The summed E-state index contributed by atoms with van der Waals surface area (Å²) < 4.78 is 5.26. The Morgan fingerprint density at radius 3 is 2.71 bits per heavy atom. The summed E-state index contributed by atoms with van der Waals surface area (Å²) in [6.07, 6.45) is 1.78. The predicted octanol–water partition coefficient (Wildman–Crippen LogP) is 0.00230. The van der Waals surface area contributed by atoms with Crippen LogP contribution in [0.15, 0.2) is 0 Å². The molecule has 1 amide bonds. The van der Waals surface area contributed by atoms with Gasteiger partial charge in [0.25, 0.3) is 0 Å². The summed E-state index contributed by atoms with van der Waals surface area (Å²) in [4.78, 5) is 21.3. The van der Waals surface area contributed by atoms with Crippen molar-refractivity contribution in [2.75, 3.05) is 13.2 Å². The second kappa shape index (κ2) is 4.95. The summed E-state index contributed by atoms with van der Waals surface area (Å²) in [6.45, 7) is 1.87. The highest BCUT2D eigenvalue weighted by atomic mass is 16.5. The molecule has 5 heteroatoms. The van der Waals surface area contributed by atoms with Gasteiger partial charge < -0.3 is 15.2 Å². The van der Waals surface area contributed by atoms with E-state index in [0.29, 0.717) is 12.5 Å². The maximum absolute atomic E-state index is 11.2. The van der Waals surface area contributed by atoms with Gasteiger partial charge in [0, 0.05) is 0 Å². The van der Waals surface area contributed by atoms with Crippen LogP contribution in [0.4, 0.5) is 0 Å². The van der Waals surface area contributed by atoms with Crippen LogP contribution < -0.4 is 5.32 Å². The van der Waals surface area contributed by atoms with Crippen LogP contribution in [-0.4, -0.2) is 36.2 Å². The second-order valence-corrected chi connectivity index (χ2v) is 3.53. The van der Waals surface area contributed by atoms with E-state index in [1.165, 1.54) is 12.8 Å². The molecular formula is C9H15NO4. The van der Waals surface area contributed by atoms with Gasteiger partial charge >= 0.3 is 5.97 Å². The molecule has 0 bridgehead atoms. The Labute approximate surface area is 82.4 Å². The van der Waals surface area contributed by atoms with Crippen LogP contribution >= 0.6 is 0 Å². The maximum Gasteiger partial charge on any atom is 0.322 e. The summed E-state index contributed by atoms with van der Waals surface area (Å²) in [6, 6.07) is 0. The van der Waals surface area contributed by atoms with Gasteiger partial charge in [0.2, 0.25) is 5.91 Å². The van der Waals surface area contributed by atoms with Crippen molar-refractivity contribution in [1.82, 2.24) is 5.32 Å². The molecule has 1 aliphatic rings. The van der Waals surface area contributed by atoms with Gasteiger partial charge in [0.05, 0.1) is 6.61 Å². The highest BCUT2D eigenvalue weighted by molar-refractivity contribution is 5.84. The van der Waals surface area contributed by atoms with Gasteiger partial charge in [-0.1, -0.05) is 0 Å². The van der Waals surface area contributed by atoms with Gasteiger partial charge in [-0.05, 0) is 25.7 Å². The third-order valence-electron chi connectivity index (χ3n) is 2.06. The minimum absolute atomic E-state index is 0.351. The quantitative estimate of drug-likeness (QED) is 0.634. The van der Waals surface area contributed by atoms with Crippen LogP contribution in [0.5, 0.6) is 0 Å². The van der Waals surface area contributed by atoms with Crippen molar-refractivity contribution in [2.45, 2.75) is 25.9 Å². The van der Waals surface area contributed by atoms with Crippen molar-refractivity contribution < 1.29 is 19.4 Å². The van der Waals surface area contributed by atoms with Crippen molar-refractivity contribution in [3.05, 3.63) is 0 Å². The predicted molar refractivity (Wildman–Crippen MR) is 48.8 cm³/mol. The lowest BCUT2D eigenvalue weighted by Gasteiger charge is -2.11. The minimum Gasteiger partial charge on any atom is -0.480 e. The largest absolute Gasteiger partial charge is 0.480 e. The molecule has 1 saturated carbocycles. The van der Waals surface area contributed by atoms with Crippen LogP contribution in [0.25, 0.3) is 0 Å². The number of carboxylic acids is 1. The Morgan fingerprint density at radius 2 is 2.21 bits per heavy atom. The molecule has 5 nitrogen and oxygen atoms in total. The van der Waals surface area contributed by atoms with Gasteiger partial charge in [0.15, 0.2) is 0 Å². The van der Waals surface area contributed by atoms with Crippen LogP contribution in [0, 0.1) is 5.92 Å². The zero-order chi connectivity index (χ0) is 10.6. The summed E-state index contributed by atoms with van der Waals surface area (Å²) in [5, 5.41) is 10.6. The zero-order valence-electron chi connectivity index (χ0n) is 8.16. The lowest BCUT2D eigenvalue weighted by Crippen LogP contribution is -2.37. The molecular weight excluding hydrogens is 186 g/mol. The van der Waals surface area contributed by atoms with Crippen molar-refractivity contribution in [3.8, 4) is 0 Å². The van der Waals surface area contributed by atoms with Crippen molar-refractivity contribution in [2.24, 2.45) is 5.92 Å². The average Bonchev–Trinajstić information content (AvgIpc) is 2.93. The number of amides is 1. The first-order valence-electron chi connectivity index (χ1n) is 4.70. The number of carbonyl (C=O) groups is 2. The standard InChI is InChI=1S/C9H15NO4/c1-6(14-5-7-2-3-7)9(13)10-4-8(11)12/h6-7H,2-5H2,1H3,(H,10,13)(H,11,12). The molecule has 2 N–H and O–H groups in total. The van der Waals surface area contributed by atoms with E-state index in [4.69, 9.17) is 9.84 Å². The number of carbonyl (C=O) groups excluding carboxylic acids is 1. The topological polar surface area (TPSA) is 75.6 Å². The lowest BCUT2D eigenvalue weighted by atomic mass is 10.3. The fourth-order valence-electron chi connectivity index (χ4n) is 0.947. The number of nitrogens with one attached hydrogen (secondary N) is 1. The second-order valence-electron chi connectivity index (χ2n) is 3.53. The Hall–Kier alpha value is -1.10. The minimum atomic E-state index is -1.05. The van der Waals surface area contributed by atoms with Crippen LogP contribution in [0.3, 0.4) is 0 Å². The Bertz CT molecular complexity index is 225. The van der Waals surface area contributed by atoms with Gasteiger partial charge in [0.1, 0.15) is 12.6 Å². The summed E-state index contributed by atoms with van der Waals surface area (Å²) in [7, 11) is 0. The van der Waals surface area contributed by atoms with E-state index in [1.54, 1.807) is 6.92 Å². The highest BCUT2D eigenvalue weighted by Gasteiger charge is 2.23. The van der Waals surface area contributed by atoms with E-state index in [2.05, 4.69) is 5.32 Å². The first-order chi connectivity index (χ1) is 6.59. The van der Waals surface area contributed by atoms with E-state index < -0.39 is 12.1 Å². The molecule has 1 rings (SSSR count). The molecule has 0 aromatic carbocycles. The third-order valence-corrected chi connectivity index (χ3v) is 2.06. The Kier molecular flexibility index (Phi) is 3.88. The number of aliphatic carboxylic acids is 1. The Balaban J connectivity index is 2.10. The molecule has 1 aliphatic carbocycles. The highest BCUT2D eigenvalue weighted by Crippen LogP contribution is 2.29.